The molecule has 2 N–H and O–H groups in total. The second-order valence-electron chi connectivity index (χ2n) is 9.18. The van der Waals surface area contributed by atoms with E-state index >= 15 is 0 Å². The van der Waals surface area contributed by atoms with Crippen LogP contribution in [0.1, 0.15) is 59.2 Å². The molecule has 1 fully saturated rings. The molecule has 0 unspecified atom stereocenters. The molecule has 6 heteroatoms. The Balaban J connectivity index is 1.20. The molecule has 3 aromatic carbocycles. The fourth-order valence-corrected chi connectivity index (χ4v) is 4.51. The highest BCUT2D eigenvalue weighted by Gasteiger charge is 2.26. The van der Waals surface area contributed by atoms with Crippen LogP contribution in [0.25, 0.3) is 11.1 Å². The summed E-state index contributed by atoms with van der Waals surface area (Å²) in [7, 11) is 0. The van der Waals surface area contributed by atoms with Gasteiger partial charge in [0.25, 0.3) is 5.91 Å². The van der Waals surface area contributed by atoms with Gasteiger partial charge in [0.15, 0.2) is 5.78 Å². The number of aliphatic carboxylic acids is 1. The van der Waals surface area contributed by atoms with Crippen LogP contribution in [0.2, 0.25) is 0 Å². The zero-order valence-electron chi connectivity index (χ0n) is 20.2. The summed E-state index contributed by atoms with van der Waals surface area (Å²) in [6, 6.07) is 24.5. The zero-order valence-corrected chi connectivity index (χ0v) is 20.2. The zero-order chi connectivity index (χ0) is 25.3. The van der Waals surface area contributed by atoms with E-state index in [1.807, 2.05) is 48.5 Å². The number of carbonyl (C=O) groups excluding carboxylic acids is 2. The van der Waals surface area contributed by atoms with E-state index in [-0.39, 0.29) is 23.7 Å². The topological polar surface area (TPSA) is 92.7 Å². The van der Waals surface area contributed by atoms with Gasteiger partial charge in [-0.1, -0.05) is 42.5 Å². The number of hydrogen-bond donors (Lipinski definition) is 2. The first-order valence-corrected chi connectivity index (χ1v) is 12.5. The molecule has 0 aromatic heterocycles. The molecule has 4 rings (SSSR count). The number of ether oxygens (including phenoxy) is 1. The Hall–Kier alpha value is -3.93. The molecular weight excluding hydrogens is 454 g/mol. The Morgan fingerprint density at radius 2 is 1.50 bits per heavy atom. The van der Waals surface area contributed by atoms with Crippen molar-refractivity contribution in [3.05, 3.63) is 90.0 Å². The second-order valence-corrected chi connectivity index (χ2v) is 9.18. The van der Waals surface area contributed by atoms with Gasteiger partial charge >= 0.3 is 5.97 Å². The molecule has 1 aliphatic rings. The maximum absolute atomic E-state index is 12.6. The number of ketones is 1. The average Bonchev–Trinajstić information content (AvgIpc) is 2.92. The fraction of sp³-hybridized carbons (Fsp3) is 0.300. The molecule has 186 valence electrons. The molecular formula is C30H31NO5. The lowest BCUT2D eigenvalue weighted by atomic mass is 9.87. The maximum atomic E-state index is 12.6. The standard InChI is InChI=1S/C30H31NO5/c32-28(22-11-15-26(16-12-22)36-27-17-13-23(14-18-27)30(34)35)10-5-19-31-29(33)25-9-4-8-24(20-25)21-6-2-1-3-7-21/h1-4,6-9,11-12,15-16,20,23,27H,5,10,13-14,17-19H2,(H,31,33)(H,34,35). The first-order valence-electron chi connectivity index (χ1n) is 12.5. The van der Waals surface area contributed by atoms with Gasteiger partial charge in [-0.05, 0) is 79.6 Å². The predicted molar refractivity (Wildman–Crippen MR) is 138 cm³/mol. The highest BCUT2D eigenvalue weighted by molar-refractivity contribution is 5.97. The van der Waals surface area contributed by atoms with Crippen LogP contribution in [-0.4, -0.2) is 35.4 Å². The average molecular weight is 486 g/mol. The number of carboxylic acids is 1. The maximum Gasteiger partial charge on any atom is 0.306 e. The summed E-state index contributed by atoms with van der Waals surface area (Å²) >= 11 is 0. The molecule has 0 heterocycles. The van der Waals surface area contributed by atoms with Crippen molar-refractivity contribution < 1.29 is 24.2 Å². The molecule has 1 saturated carbocycles. The number of Topliss-reactive ketones (excluding diaryl/α,β-unsaturated/α-hetero) is 1. The van der Waals surface area contributed by atoms with Gasteiger partial charge in [0.1, 0.15) is 5.75 Å². The molecule has 0 spiro atoms. The van der Waals surface area contributed by atoms with Crippen LogP contribution < -0.4 is 10.1 Å². The van der Waals surface area contributed by atoms with Crippen LogP contribution in [0.5, 0.6) is 5.75 Å². The number of carbonyl (C=O) groups is 3. The molecule has 1 amide bonds. The van der Waals surface area contributed by atoms with Crippen molar-refractivity contribution in [1.82, 2.24) is 5.32 Å². The summed E-state index contributed by atoms with van der Waals surface area (Å²) in [5.74, 6) is -0.444. The normalized spacial score (nSPS) is 17.2. The number of hydrogen-bond acceptors (Lipinski definition) is 4. The van der Waals surface area contributed by atoms with E-state index in [4.69, 9.17) is 9.84 Å². The second kappa shape index (κ2) is 12.2. The van der Waals surface area contributed by atoms with E-state index in [9.17, 15) is 14.4 Å². The minimum atomic E-state index is -0.729. The third kappa shape index (κ3) is 6.81. The van der Waals surface area contributed by atoms with Gasteiger partial charge in [-0.2, -0.15) is 0 Å². The smallest absolute Gasteiger partial charge is 0.306 e. The molecule has 0 saturated heterocycles. The third-order valence-electron chi connectivity index (χ3n) is 6.60. The number of carboxylic acid groups (broad SMARTS) is 1. The van der Waals surface area contributed by atoms with E-state index in [2.05, 4.69) is 5.32 Å². The highest BCUT2D eigenvalue weighted by Crippen LogP contribution is 2.28. The largest absolute Gasteiger partial charge is 0.490 e. The molecule has 36 heavy (non-hydrogen) atoms. The van der Waals surface area contributed by atoms with Crippen LogP contribution in [0.4, 0.5) is 0 Å². The predicted octanol–water partition coefficient (Wildman–Crippen LogP) is 5.77. The molecule has 1 aliphatic carbocycles. The molecule has 6 nitrogen and oxygen atoms in total. The number of rotatable bonds is 10. The van der Waals surface area contributed by atoms with Crippen LogP contribution in [0.15, 0.2) is 78.9 Å². The summed E-state index contributed by atoms with van der Waals surface area (Å²) in [4.78, 5) is 36.2. The molecule has 0 aliphatic heterocycles. The van der Waals surface area contributed by atoms with Crippen molar-refractivity contribution in [1.29, 1.82) is 0 Å². The van der Waals surface area contributed by atoms with Crippen LogP contribution in [0, 0.1) is 5.92 Å². The van der Waals surface area contributed by atoms with Crippen molar-refractivity contribution in [2.45, 2.75) is 44.6 Å². The minimum Gasteiger partial charge on any atom is -0.490 e. The van der Waals surface area contributed by atoms with E-state index in [1.54, 1.807) is 30.3 Å². The summed E-state index contributed by atoms with van der Waals surface area (Å²) in [6.45, 7) is 0.417. The van der Waals surface area contributed by atoms with E-state index in [1.165, 1.54) is 0 Å². The Kier molecular flexibility index (Phi) is 8.50. The monoisotopic (exact) mass is 485 g/mol. The summed E-state index contributed by atoms with van der Waals surface area (Å²) < 4.78 is 5.97. The SMILES string of the molecule is O=C(CCCNC(=O)c1cccc(-c2ccccc2)c1)c1ccc(OC2CCC(C(=O)O)CC2)cc1. The molecule has 0 radical (unpaired) electrons. The van der Waals surface area contributed by atoms with Crippen molar-refractivity contribution in [2.24, 2.45) is 5.92 Å². The first-order chi connectivity index (χ1) is 17.5. The summed E-state index contributed by atoms with van der Waals surface area (Å²) in [6.07, 6.45) is 3.61. The Morgan fingerprint density at radius 1 is 0.806 bits per heavy atom. The van der Waals surface area contributed by atoms with Gasteiger partial charge in [0.05, 0.1) is 12.0 Å². The Labute approximate surface area is 211 Å². The number of nitrogens with one attached hydrogen (secondary N) is 1. The number of benzene rings is 3. The molecule has 0 atom stereocenters. The van der Waals surface area contributed by atoms with Gasteiger partial charge in [-0.25, -0.2) is 0 Å². The van der Waals surface area contributed by atoms with Crippen molar-refractivity contribution in [3.63, 3.8) is 0 Å². The molecule has 0 bridgehead atoms. The lowest BCUT2D eigenvalue weighted by Gasteiger charge is -2.26. The minimum absolute atomic E-state index is 0.0131. The van der Waals surface area contributed by atoms with Crippen molar-refractivity contribution >= 4 is 17.7 Å². The van der Waals surface area contributed by atoms with Crippen LogP contribution >= 0.6 is 0 Å². The van der Waals surface area contributed by atoms with E-state index in [0.29, 0.717) is 49.1 Å². The van der Waals surface area contributed by atoms with Crippen molar-refractivity contribution in [3.8, 4) is 16.9 Å². The van der Waals surface area contributed by atoms with Gasteiger partial charge < -0.3 is 15.2 Å². The van der Waals surface area contributed by atoms with Crippen LogP contribution in [0.3, 0.4) is 0 Å². The fourth-order valence-electron chi connectivity index (χ4n) is 4.51. The Morgan fingerprint density at radius 3 is 2.19 bits per heavy atom. The van der Waals surface area contributed by atoms with Crippen molar-refractivity contribution in [2.75, 3.05) is 6.54 Å². The summed E-state index contributed by atoms with van der Waals surface area (Å²) in [5, 5.41) is 12.0. The van der Waals surface area contributed by atoms with E-state index < -0.39 is 5.97 Å². The Bertz CT molecular complexity index is 1180. The summed E-state index contributed by atoms with van der Waals surface area (Å²) in [5.41, 5.74) is 3.24. The lowest BCUT2D eigenvalue weighted by Crippen LogP contribution is -2.27. The third-order valence-corrected chi connectivity index (χ3v) is 6.60. The highest BCUT2D eigenvalue weighted by atomic mass is 16.5. The van der Waals surface area contributed by atoms with E-state index in [0.717, 1.165) is 24.0 Å². The first kappa shape index (κ1) is 25.2. The van der Waals surface area contributed by atoms with Gasteiger partial charge in [-0.3, -0.25) is 14.4 Å². The lowest BCUT2D eigenvalue weighted by molar-refractivity contribution is -0.143. The van der Waals surface area contributed by atoms with Gasteiger partial charge in [0.2, 0.25) is 0 Å². The molecule has 3 aromatic rings. The van der Waals surface area contributed by atoms with Gasteiger partial charge in [-0.15, -0.1) is 0 Å². The number of amides is 1. The van der Waals surface area contributed by atoms with Crippen LogP contribution in [-0.2, 0) is 4.79 Å². The quantitative estimate of drug-likeness (QED) is 0.281. The van der Waals surface area contributed by atoms with Gasteiger partial charge in [0, 0.05) is 24.1 Å².